The number of nitrogens with zero attached hydrogens (tertiary/aromatic N) is 1. The van der Waals surface area contributed by atoms with E-state index in [1.807, 2.05) is 6.08 Å². The molecule has 0 saturated carbocycles. The van der Waals surface area contributed by atoms with Crippen LogP contribution in [0.15, 0.2) is 24.6 Å². The quantitative estimate of drug-likeness (QED) is 0.728. The molecule has 0 unspecified atom stereocenters. The van der Waals surface area contributed by atoms with Crippen LogP contribution in [0.2, 0.25) is 0 Å². The molecule has 2 nitrogen and oxygen atoms in total. The highest BCUT2D eigenvalue weighted by molar-refractivity contribution is 5.52. The topological polar surface area (TPSA) is 28.7 Å². The Kier molecular flexibility index (Phi) is 2.94. The molecule has 0 atom stereocenters. The number of allylic oxidation sites excluding steroid dienone is 2. The van der Waals surface area contributed by atoms with Gasteiger partial charge >= 0.3 is 0 Å². The van der Waals surface area contributed by atoms with Gasteiger partial charge in [0.05, 0.1) is 17.7 Å². The Labute approximate surface area is 85.8 Å². The van der Waals surface area contributed by atoms with Crippen molar-refractivity contribution in [3.05, 3.63) is 35.9 Å². The lowest BCUT2D eigenvalue weighted by molar-refractivity contribution is 0.648. The molecular weight excluding hydrogens is 172 g/mol. The SMILES string of the molecule is C=CC(C)(C)c1[nH]cnc1C=C(C)C. The number of nitrogens with one attached hydrogen (secondary N) is 1. The van der Waals surface area contributed by atoms with E-state index in [0.29, 0.717) is 0 Å². The highest BCUT2D eigenvalue weighted by atomic mass is 14.9. The second-order valence-electron chi connectivity index (χ2n) is 4.31. The van der Waals surface area contributed by atoms with Crippen LogP contribution in [0.4, 0.5) is 0 Å². The molecule has 0 aliphatic carbocycles. The monoisotopic (exact) mass is 190 g/mol. The lowest BCUT2D eigenvalue weighted by Crippen LogP contribution is -2.15. The first-order valence-electron chi connectivity index (χ1n) is 4.79. The fourth-order valence-corrected chi connectivity index (χ4v) is 1.31. The summed E-state index contributed by atoms with van der Waals surface area (Å²) in [7, 11) is 0. The second-order valence-corrected chi connectivity index (χ2v) is 4.31. The van der Waals surface area contributed by atoms with Gasteiger partial charge in [0.15, 0.2) is 0 Å². The molecule has 0 bridgehead atoms. The number of aromatic amines is 1. The summed E-state index contributed by atoms with van der Waals surface area (Å²) in [5.74, 6) is 0. The van der Waals surface area contributed by atoms with Crippen molar-refractivity contribution in [3.63, 3.8) is 0 Å². The largest absolute Gasteiger partial charge is 0.347 e. The summed E-state index contributed by atoms with van der Waals surface area (Å²) in [6.45, 7) is 12.2. The van der Waals surface area contributed by atoms with Crippen molar-refractivity contribution in [1.82, 2.24) is 9.97 Å². The molecule has 1 aromatic heterocycles. The van der Waals surface area contributed by atoms with Gasteiger partial charge in [-0.3, -0.25) is 0 Å². The van der Waals surface area contributed by atoms with E-state index in [1.54, 1.807) is 6.33 Å². The number of H-pyrrole nitrogens is 1. The third kappa shape index (κ3) is 2.13. The maximum atomic E-state index is 4.29. The molecule has 0 radical (unpaired) electrons. The zero-order chi connectivity index (χ0) is 10.8. The molecule has 1 N–H and O–H groups in total. The Morgan fingerprint density at radius 1 is 1.50 bits per heavy atom. The number of aromatic nitrogens is 2. The van der Waals surface area contributed by atoms with Crippen LogP contribution in [-0.2, 0) is 5.41 Å². The van der Waals surface area contributed by atoms with Gasteiger partial charge in [-0.15, -0.1) is 6.58 Å². The molecular formula is C12H18N2. The van der Waals surface area contributed by atoms with Crippen LogP contribution < -0.4 is 0 Å². The molecule has 0 amide bonds. The van der Waals surface area contributed by atoms with Gasteiger partial charge in [-0.1, -0.05) is 25.5 Å². The molecule has 14 heavy (non-hydrogen) atoms. The molecule has 0 spiro atoms. The first-order valence-corrected chi connectivity index (χ1v) is 4.79. The third-order valence-corrected chi connectivity index (χ3v) is 2.25. The van der Waals surface area contributed by atoms with E-state index in [-0.39, 0.29) is 5.41 Å². The molecule has 1 rings (SSSR count). The standard InChI is InChI=1S/C12H18N2/c1-6-12(4,5)11-10(7-9(2)3)13-8-14-11/h6-8H,1H2,2-5H3,(H,13,14). The van der Waals surface area contributed by atoms with E-state index < -0.39 is 0 Å². The fraction of sp³-hybridized carbons (Fsp3) is 0.417. The summed E-state index contributed by atoms with van der Waals surface area (Å²) in [6, 6.07) is 0. The highest BCUT2D eigenvalue weighted by Crippen LogP contribution is 2.25. The van der Waals surface area contributed by atoms with Crippen LogP contribution in [0, 0.1) is 0 Å². The van der Waals surface area contributed by atoms with Crippen LogP contribution in [0.25, 0.3) is 6.08 Å². The smallest absolute Gasteiger partial charge is 0.0929 e. The maximum absolute atomic E-state index is 4.29. The van der Waals surface area contributed by atoms with Crippen LogP contribution in [0.1, 0.15) is 39.1 Å². The van der Waals surface area contributed by atoms with Crippen molar-refractivity contribution in [2.75, 3.05) is 0 Å². The predicted molar refractivity (Wildman–Crippen MR) is 61.1 cm³/mol. The summed E-state index contributed by atoms with van der Waals surface area (Å²) in [5, 5.41) is 0. The second kappa shape index (κ2) is 3.82. The van der Waals surface area contributed by atoms with E-state index in [9.17, 15) is 0 Å². The van der Waals surface area contributed by atoms with Crippen molar-refractivity contribution < 1.29 is 0 Å². The van der Waals surface area contributed by atoms with Crippen LogP contribution >= 0.6 is 0 Å². The van der Waals surface area contributed by atoms with Gasteiger partial charge in [-0.2, -0.15) is 0 Å². The molecule has 76 valence electrons. The Hall–Kier alpha value is -1.31. The summed E-state index contributed by atoms with van der Waals surface area (Å²) in [5.41, 5.74) is 3.32. The highest BCUT2D eigenvalue weighted by Gasteiger charge is 2.20. The number of rotatable bonds is 3. The summed E-state index contributed by atoms with van der Waals surface area (Å²) >= 11 is 0. The zero-order valence-electron chi connectivity index (χ0n) is 9.39. The van der Waals surface area contributed by atoms with Gasteiger partial charge in [-0.05, 0) is 19.9 Å². The summed E-state index contributed by atoms with van der Waals surface area (Å²) < 4.78 is 0. The third-order valence-electron chi connectivity index (χ3n) is 2.25. The van der Waals surface area contributed by atoms with Gasteiger partial charge < -0.3 is 4.98 Å². The van der Waals surface area contributed by atoms with E-state index in [1.165, 1.54) is 5.57 Å². The molecule has 2 heteroatoms. The molecule has 1 heterocycles. The first kappa shape index (κ1) is 10.8. The molecule has 0 saturated heterocycles. The Bertz CT molecular complexity index is 352. The number of hydrogen-bond donors (Lipinski definition) is 1. The minimum atomic E-state index is -0.0578. The molecule has 0 fully saturated rings. The summed E-state index contributed by atoms with van der Waals surface area (Å²) in [6.07, 6.45) is 5.75. The molecule has 0 aliphatic heterocycles. The fourth-order valence-electron chi connectivity index (χ4n) is 1.31. The number of imidazole rings is 1. The Morgan fingerprint density at radius 3 is 2.64 bits per heavy atom. The van der Waals surface area contributed by atoms with Gasteiger partial charge in [0.2, 0.25) is 0 Å². The lowest BCUT2D eigenvalue weighted by Gasteiger charge is -2.18. The van der Waals surface area contributed by atoms with E-state index >= 15 is 0 Å². The Balaban J connectivity index is 3.17. The average Bonchev–Trinajstić information content (AvgIpc) is 2.52. The van der Waals surface area contributed by atoms with Crippen molar-refractivity contribution in [2.24, 2.45) is 0 Å². The van der Waals surface area contributed by atoms with E-state index in [4.69, 9.17) is 0 Å². The van der Waals surface area contributed by atoms with Crippen LogP contribution in [-0.4, -0.2) is 9.97 Å². The molecule has 1 aromatic rings. The van der Waals surface area contributed by atoms with Crippen LogP contribution in [0.3, 0.4) is 0 Å². The minimum absolute atomic E-state index is 0.0578. The lowest BCUT2D eigenvalue weighted by atomic mass is 9.88. The summed E-state index contributed by atoms with van der Waals surface area (Å²) in [4.78, 5) is 7.47. The Morgan fingerprint density at radius 2 is 2.14 bits per heavy atom. The predicted octanol–water partition coefficient (Wildman–Crippen LogP) is 3.30. The van der Waals surface area contributed by atoms with Gasteiger partial charge in [-0.25, -0.2) is 4.98 Å². The zero-order valence-corrected chi connectivity index (χ0v) is 9.39. The minimum Gasteiger partial charge on any atom is -0.347 e. The molecule has 0 aliphatic rings. The van der Waals surface area contributed by atoms with Crippen molar-refractivity contribution in [1.29, 1.82) is 0 Å². The first-order chi connectivity index (χ1) is 6.47. The van der Waals surface area contributed by atoms with Crippen molar-refractivity contribution >= 4 is 6.08 Å². The van der Waals surface area contributed by atoms with E-state index in [2.05, 4.69) is 50.3 Å². The van der Waals surface area contributed by atoms with Gasteiger partial charge in [0, 0.05) is 5.41 Å². The van der Waals surface area contributed by atoms with Gasteiger partial charge in [0.25, 0.3) is 0 Å². The van der Waals surface area contributed by atoms with Crippen molar-refractivity contribution in [3.8, 4) is 0 Å². The normalized spacial score (nSPS) is 11.1. The van der Waals surface area contributed by atoms with Gasteiger partial charge in [0.1, 0.15) is 0 Å². The molecule has 0 aromatic carbocycles. The number of hydrogen-bond acceptors (Lipinski definition) is 1. The maximum Gasteiger partial charge on any atom is 0.0929 e. The van der Waals surface area contributed by atoms with Crippen molar-refractivity contribution in [2.45, 2.75) is 33.1 Å². The van der Waals surface area contributed by atoms with Crippen LogP contribution in [0.5, 0.6) is 0 Å². The average molecular weight is 190 g/mol. The van der Waals surface area contributed by atoms with E-state index in [0.717, 1.165) is 11.4 Å².